The molecule has 10 heteroatoms. The van der Waals surface area contributed by atoms with Crippen molar-refractivity contribution in [2.24, 2.45) is 5.92 Å². The van der Waals surface area contributed by atoms with Gasteiger partial charge in [-0.15, -0.1) is 11.3 Å². The number of nitrogens with one attached hydrogen (secondary N) is 1. The van der Waals surface area contributed by atoms with Crippen molar-refractivity contribution in [1.29, 1.82) is 0 Å². The molecule has 2 aromatic heterocycles. The quantitative estimate of drug-likeness (QED) is 0.601. The summed E-state index contributed by atoms with van der Waals surface area (Å²) in [5.74, 6) is 0.333. The van der Waals surface area contributed by atoms with E-state index in [-0.39, 0.29) is 16.7 Å². The maximum atomic E-state index is 13.2. The molecule has 31 heavy (non-hydrogen) atoms. The zero-order valence-electron chi connectivity index (χ0n) is 17.4. The topological polar surface area (TPSA) is 105 Å². The Bertz CT molecular complexity index is 1190. The number of carbonyl (C=O) groups is 1. The third kappa shape index (κ3) is 4.56. The van der Waals surface area contributed by atoms with Crippen molar-refractivity contribution in [1.82, 2.24) is 14.4 Å². The molecule has 1 fully saturated rings. The highest BCUT2D eigenvalue weighted by Gasteiger charge is 2.34. The van der Waals surface area contributed by atoms with Crippen LogP contribution in [-0.4, -0.2) is 41.9 Å². The largest absolute Gasteiger partial charge is 0.339 e. The minimum absolute atomic E-state index is 0.153. The molecule has 164 valence electrons. The summed E-state index contributed by atoms with van der Waals surface area (Å²) in [6, 6.07) is 9.12. The number of benzene rings is 1. The lowest BCUT2D eigenvalue weighted by Gasteiger charge is -2.30. The number of aryl methyl sites for hydroxylation is 2. The van der Waals surface area contributed by atoms with Crippen LogP contribution in [0.2, 0.25) is 0 Å². The molecule has 1 atom stereocenters. The van der Waals surface area contributed by atoms with E-state index in [1.807, 2.05) is 38.1 Å². The van der Waals surface area contributed by atoms with E-state index < -0.39 is 15.9 Å². The Balaban J connectivity index is 1.48. The highest BCUT2D eigenvalue weighted by molar-refractivity contribution is 7.91. The molecular weight excluding hydrogens is 436 g/mol. The van der Waals surface area contributed by atoms with Gasteiger partial charge in [-0.1, -0.05) is 30.3 Å². The van der Waals surface area contributed by atoms with Crippen LogP contribution in [0.4, 0.5) is 5.69 Å². The minimum Gasteiger partial charge on any atom is -0.339 e. The molecule has 1 N–H and O–H groups in total. The van der Waals surface area contributed by atoms with Gasteiger partial charge in [-0.25, -0.2) is 8.42 Å². The third-order valence-electron chi connectivity index (χ3n) is 5.36. The third-order valence-corrected chi connectivity index (χ3v) is 8.64. The molecule has 1 aromatic carbocycles. The number of hydrogen-bond acceptors (Lipinski definition) is 7. The normalized spacial score (nSPS) is 17.5. The SMILES string of the molecule is CCc1nc(-c2csc(S(=O)(=O)N3CCCC(C(=O)Nc4ccccc4C)C3)c2)no1. The molecule has 8 nitrogen and oxygen atoms in total. The van der Waals surface area contributed by atoms with E-state index in [1.54, 1.807) is 11.4 Å². The molecule has 0 bridgehead atoms. The number of hydrogen-bond donors (Lipinski definition) is 1. The first-order valence-corrected chi connectivity index (χ1v) is 12.5. The van der Waals surface area contributed by atoms with E-state index in [0.717, 1.165) is 22.6 Å². The Hall–Kier alpha value is -2.56. The van der Waals surface area contributed by atoms with Gasteiger partial charge in [0.05, 0.1) is 5.92 Å². The summed E-state index contributed by atoms with van der Waals surface area (Å²) in [6.45, 7) is 4.39. The Morgan fingerprint density at radius 3 is 2.90 bits per heavy atom. The smallest absolute Gasteiger partial charge is 0.252 e. The maximum absolute atomic E-state index is 13.2. The van der Waals surface area contributed by atoms with Gasteiger partial charge in [-0.3, -0.25) is 4.79 Å². The predicted octanol–water partition coefficient (Wildman–Crippen LogP) is 3.71. The predicted molar refractivity (Wildman–Crippen MR) is 118 cm³/mol. The first-order chi connectivity index (χ1) is 14.9. The van der Waals surface area contributed by atoms with Gasteiger partial charge in [-0.05, 0) is 37.5 Å². The Labute approximate surface area is 185 Å². The first kappa shape index (κ1) is 21.7. The summed E-state index contributed by atoms with van der Waals surface area (Å²) in [7, 11) is -3.71. The number of piperidine rings is 1. The van der Waals surface area contributed by atoms with Crippen LogP contribution in [0, 0.1) is 12.8 Å². The van der Waals surface area contributed by atoms with Gasteiger partial charge in [-0.2, -0.15) is 9.29 Å². The van der Waals surface area contributed by atoms with Crippen molar-refractivity contribution in [3.05, 3.63) is 47.2 Å². The van der Waals surface area contributed by atoms with Crippen LogP contribution in [-0.2, 0) is 21.2 Å². The fourth-order valence-electron chi connectivity index (χ4n) is 3.53. The molecule has 1 unspecified atom stereocenters. The summed E-state index contributed by atoms with van der Waals surface area (Å²) < 4.78 is 33.2. The average molecular weight is 461 g/mol. The number of amides is 1. The first-order valence-electron chi connectivity index (χ1n) is 10.2. The van der Waals surface area contributed by atoms with Crippen molar-refractivity contribution >= 4 is 33.0 Å². The number of carbonyl (C=O) groups excluding carboxylic acids is 1. The van der Waals surface area contributed by atoms with E-state index in [2.05, 4.69) is 15.5 Å². The summed E-state index contributed by atoms with van der Waals surface area (Å²) in [5, 5.41) is 8.56. The number of sulfonamides is 1. The summed E-state index contributed by atoms with van der Waals surface area (Å²) in [4.78, 5) is 17.0. The van der Waals surface area contributed by atoms with Crippen molar-refractivity contribution in [3.8, 4) is 11.4 Å². The number of aromatic nitrogens is 2. The second-order valence-corrected chi connectivity index (χ2v) is 10.6. The molecule has 1 aliphatic heterocycles. The lowest BCUT2D eigenvalue weighted by Crippen LogP contribution is -2.43. The molecule has 0 radical (unpaired) electrons. The van der Waals surface area contributed by atoms with Crippen molar-refractivity contribution < 1.29 is 17.7 Å². The van der Waals surface area contributed by atoms with Crippen LogP contribution in [0.25, 0.3) is 11.4 Å². The Morgan fingerprint density at radius 2 is 2.16 bits per heavy atom. The zero-order valence-corrected chi connectivity index (χ0v) is 19.0. The van der Waals surface area contributed by atoms with Crippen molar-refractivity contribution in [2.75, 3.05) is 18.4 Å². The van der Waals surface area contributed by atoms with Gasteiger partial charge in [0.15, 0.2) is 0 Å². The van der Waals surface area contributed by atoms with Crippen molar-refractivity contribution in [3.63, 3.8) is 0 Å². The van der Waals surface area contributed by atoms with Gasteiger partial charge in [0.25, 0.3) is 10.0 Å². The minimum atomic E-state index is -3.71. The molecule has 0 saturated carbocycles. The van der Waals surface area contributed by atoms with E-state index in [0.29, 0.717) is 43.1 Å². The van der Waals surface area contributed by atoms with Gasteiger partial charge < -0.3 is 9.84 Å². The highest BCUT2D eigenvalue weighted by atomic mass is 32.2. The molecule has 3 aromatic rings. The molecule has 1 amide bonds. The molecule has 0 spiro atoms. The lowest BCUT2D eigenvalue weighted by atomic mass is 9.98. The lowest BCUT2D eigenvalue weighted by molar-refractivity contribution is -0.120. The number of para-hydroxylation sites is 1. The van der Waals surface area contributed by atoms with Gasteiger partial charge in [0.2, 0.25) is 17.6 Å². The van der Waals surface area contributed by atoms with Gasteiger partial charge in [0, 0.05) is 36.1 Å². The number of nitrogens with zero attached hydrogens (tertiary/aromatic N) is 3. The summed E-state index contributed by atoms with van der Waals surface area (Å²) >= 11 is 1.12. The Morgan fingerprint density at radius 1 is 1.35 bits per heavy atom. The highest BCUT2D eigenvalue weighted by Crippen LogP contribution is 2.31. The second kappa shape index (κ2) is 8.89. The fourth-order valence-corrected chi connectivity index (χ4v) is 6.37. The average Bonchev–Trinajstić information content (AvgIpc) is 3.45. The van der Waals surface area contributed by atoms with Crippen LogP contribution < -0.4 is 5.32 Å². The fraction of sp³-hybridized carbons (Fsp3) is 0.381. The van der Waals surface area contributed by atoms with Crippen LogP contribution in [0.15, 0.2) is 44.4 Å². The summed E-state index contributed by atoms with van der Waals surface area (Å²) in [5.41, 5.74) is 2.33. The molecule has 0 aliphatic carbocycles. The number of rotatable bonds is 6. The van der Waals surface area contributed by atoms with E-state index in [9.17, 15) is 13.2 Å². The van der Waals surface area contributed by atoms with Gasteiger partial charge >= 0.3 is 0 Å². The number of thiophene rings is 1. The summed E-state index contributed by atoms with van der Waals surface area (Å²) in [6.07, 6.45) is 1.90. The Kier molecular flexibility index (Phi) is 6.22. The number of anilines is 1. The molecule has 1 aliphatic rings. The molecule has 3 heterocycles. The monoisotopic (exact) mass is 460 g/mol. The molecular formula is C21H24N4O4S2. The van der Waals surface area contributed by atoms with Gasteiger partial charge in [0.1, 0.15) is 4.21 Å². The van der Waals surface area contributed by atoms with Crippen LogP contribution in [0.5, 0.6) is 0 Å². The van der Waals surface area contributed by atoms with Crippen LogP contribution >= 0.6 is 11.3 Å². The zero-order chi connectivity index (χ0) is 22.0. The van der Waals surface area contributed by atoms with E-state index in [1.165, 1.54) is 4.31 Å². The maximum Gasteiger partial charge on any atom is 0.252 e. The molecule has 1 saturated heterocycles. The molecule has 4 rings (SSSR count). The van der Waals surface area contributed by atoms with Crippen molar-refractivity contribution in [2.45, 2.75) is 37.3 Å². The second-order valence-electron chi connectivity index (χ2n) is 7.53. The standard InChI is InChI=1S/C21H24N4O4S2/c1-3-18-23-20(24-29-18)16-11-19(30-13-16)31(27,28)25-10-6-8-15(12-25)21(26)22-17-9-5-4-7-14(17)2/h4-5,7,9,11,13,15H,3,6,8,10,12H2,1-2H3,(H,22,26). The van der Waals surface area contributed by atoms with Crippen LogP contribution in [0.3, 0.4) is 0 Å². The van der Waals surface area contributed by atoms with Crippen LogP contribution in [0.1, 0.15) is 31.2 Å². The van der Waals surface area contributed by atoms with E-state index >= 15 is 0 Å². The van der Waals surface area contributed by atoms with E-state index in [4.69, 9.17) is 4.52 Å².